The molecule has 14 heavy (non-hydrogen) atoms. The second kappa shape index (κ2) is 3.31. The maximum Gasteiger partial charge on any atom is 0.156 e. The van der Waals surface area contributed by atoms with E-state index in [0.717, 1.165) is 25.3 Å². The van der Waals surface area contributed by atoms with Gasteiger partial charge in [0, 0.05) is 12.5 Å². The molecular weight excluding hydrogens is 178 g/mol. The first-order valence-electron chi connectivity index (χ1n) is 5.08. The molecule has 2 rings (SSSR count). The Bertz CT molecular complexity index is 305. The zero-order chi connectivity index (χ0) is 10.2. The van der Waals surface area contributed by atoms with Gasteiger partial charge in [-0.2, -0.15) is 0 Å². The van der Waals surface area contributed by atoms with Crippen molar-refractivity contribution in [2.24, 2.45) is 0 Å². The van der Waals surface area contributed by atoms with Crippen LogP contribution in [-0.4, -0.2) is 33.3 Å². The number of rotatable bonds is 1. The van der Waals surface area contributed by atoms with Gasteiger partial charge in [0.15, 0.2) is 5.82 Å². The predicted molar refractivity (Wildman–Crippen MR) is 53.0 cm³/mol. The van der Waals surface area contributed by atoms with Crippen molar-refractivity contribution in [2.45, 2.75) is 38.6 Å². The van der Waals surface area contributed by atoms with Crippen molar-refractivity contribution in [2.75, 3.05) is 13.1 Å². The van der Waals surface area contributed by atoms with E-state index in [9.17, 15) is 0 Å². The third-order valence-corrected chi connectivity index (χ3v) is 2.55. The number of tetrazole rings is 1. The normalized spacial score (nSPS) is 22.9. The summed E-state index contributed by atoms with van der Waals surface area (Å²) < 4.78 is 1.94. The number of hydrogen-bond donors (Lipinski definition) is 1. The van der Waals surface area contributed by atoms with Crippen LogP contribution in [0.1, 0.15) is 38.9 Å². The van der Waals surface area contributed by atoms with Crippen molar-refractivity contribution in [1.82, 2.24) is 25.5 Å². The molecule has 5 heteroatoms. The zero-order valence-corrected chi connectivity index (χ0v) is 8.99. The van der Waals surface area contributed by atoms with Gasteiger partial charge in [0.25, 0.3) is 0 Å². The predicted octanol–water partition coefficient (Wildman–Crippen LogP) is 0.505. The van der Waals surface area contributed by atoms with Crippen molar-refractivity contribution in [3.8, 4) is 0 Å². The summed E-state index contributed by atoms with van der Waals surface area (Å²) in [5.41, 5.74) is -0.0264. The fourth-order valence-electron chi connectivity index (χ4n) is 1.80. The molecule has 78 valence electrons. The van der Waals surface area contributed by atoms with Crippen molar-refractivity contribution in [1.29, 1.82) is 0 Å². The molecule has 0 bridgehead atoms. The van der Waals surface area contributed by atoms with E-state index in [4.69, 9.17) is 0 Å². The zero-order valence-electron chi connectivity index (χ0n) is 8.99. The molecule has 0 spiro atoms. The van der Waals surface area contributed by atoms with E-state index in [-0.39, 0.29) is 5.54 Å². The average molecular weight is 195 g/mol. The van der Waals surface area contributed by atoms with Crippen LogP contribution in [0.4, 0.5) is 0 Å². The molecular formula is C9H17N5. The van der Waals surface area contributed by atoms with Crippen molar-refractivity contribution >= 4 is 0 Å². The SMILES string of the molecule is CC(C)(C)n1nnnc1C1CCNC1. The Morgan fingerprint density at radius 2 is 2.21 bits per heavy atom. The van der Waals surface area contributed by atoms with Crippen LogP contribution >= 0.6 is 0 Å². The van der Waals surface area contributed by atoms with E-state index in [1.54, 1.807) is 0 Å². The molecule has 0 saturated carbocycles. The summed E-state index contributed by atoms with van der Waals surface area (Å²) >= 11 is 0. The molecule has 0 aromatic carbocycles. The monoisotopic (exact) mass is 195 g/mol. The van der Waals surface area contributed by atoms with Crippen LogP contribution in [0.25, 0.3) is 0 Å². The van der Waals surface area contributed by atoms with E-state index in [1.165, 1.54) is 0 Å². The van der Waals surface area contributed by atoms with E-state index in [2.05, 4.69) is 41.6 Å². The number of hydrogen-bond acceptors (Lipinski definition) is 4. The molecule has 1 fully saturated rings. The molecule has 1 aliphatic heterocycles. The van der Waals surface area contributed by atoms with Crippen LogP contribution in [0.2, 0.25) is 0 Å². The summed E-state index contributed by atoms with van der Waals surface area (Å²) in [7, 11) is 0. The summed E-state index contributed by atoms with van der Waals surface area (Å²) in [5.74, 6) is 1.49. The fraction of sp³-hybridized carbons (Fsp3) is 0.889. The average Bonchev–Trinajstić information content (AvgIpc) is 2.73. The highest BCUT2D eigenvalue weighted by Gasteiger charge is 2.27. The van der Waals surface area contributed by atoms with Gasteiger partial charge >= 0.3 is 0 Å². The first-order chi connectivity index (χ1) is 6.59. The third-order valence-electron chi connectivity index (χ3n) is 2.55. The Morgan fingerprint density at radius 3 is 2.79 bits per heavy atom. The Hall–Kier alpha value is -0.970. The molecule has 1 N–H and O–H groups in total. The van der Waals surface area contributed by atoms with Gasteiger partial charge in [0.2, 0.25) is 0 Å². The maximum atomic E-state index is 4.13. The van der Waals surface area contributed by atoms with Crippen LogP contribution in [0.15, 0.2) is 0 Å². The highest BCUT2D eigenvalue weighted by Crippen LogP contribution is 2.23. The van der Waals surface area contributed by atoms with Crippen LogP contribution in [0.5, 0.6) is 0 Å². The van der Waals surface area contributed by atoms with Gasteiger partial charge in [0.05, 0.1) is 5.54 Å². The third kappa shape index (κ3) is 1.64. The first kappa shape index (κ1) is 9.58. The standard InChI is InChI=1S/C9H17N5/c1-9(2,3)14-8(11-12-13-14)7-4-5-10-6-7/h7,10H,4-6H2,1-3H3. The summed E-state index contributed by atoms with van der Waals surface area (Å²) in [5, 5.41) is 15.3. The van der Waals surface area contributed by atoms with Crippen LogP contribution in [-0.2, 0) is 5.54 Å². The summed E-state index contributed by atoms with van der Waals surface area (Å²) in [6.07, 6.45) is 1.14. The minimum absolute atomic E-state index is 0.0264. The quantitative estimate of drug-likeness (QED) is 0.709. The number of nitrogens with one attached hydrogen (secondary N) is 1. The second-order valence-electron chi connectivity index (χ2n) is 4.81. The lowest BCUT2D eigenvalue weighted by molar-refractivity contribution is 0.328. The lowest BCUT2D eigenvalue weighted by Gasteiger charge is -2.21. The molecule has 5 nitrogen and oxygen atoms in total. The smallest absolute Gasteiger partial charge is 0.156 e. The molecule has 1 aromatic rings. The van der Waals surface area contributed by atoms with Crippen molar-refractivity contribution < 1.29 is 0 Å². The summed E-state index contributed by atoms with van der Waals surface area (Å²) in [6.45, 7) is 8.43. The molecule has 0 amide bonds. The van der Waals surface area contributed by atoms with Crippen molar-refractivity contribution in [3.05, 3.63) is 5.82 Å². The van der Waals surface area contributed by atoms with Crippen LogP contribution < -0.4 is 5.32 Å². The maximum absolute atomic E-state index is 4.13. The van der Waals surface area contributed by atoms with Crippen LogP contribution in [0, 0.1) is 0 Å². The lowest BCUT2D eigenvalue weighted by atomic mass is 10.1. The van der Waals surface area contributed by atoms with E-state index < -0.39 is 0 Å². The molecule has 0 aliphatic carbocycles. The van der Waals surface area contributed by atoms with Gasteiger partial charge in [-0.05, 0) is 44.2 Å². The van der Waals surface area contributed by atoms with E-state index in [0.29, 0.717) is 5.92 Å². The van der Waals surface area contributed by atoms with E-state index in [1.807, 2.05) is 4.68 Å². The minimum atomic E-state index is -0.0264. The van der Waals surface area contributed by atoms with Gasteiger partial charge in [-0.1, -0.05) is 0 Å². The fourth-order valence-corrected chi connectivity index (χ4v) is 1.80. The van der Waals surface area contributed by atoms with Gasteiger partial charge in [-0.3, -0.25) is 0 Å². The van der Waals surface area contributed by atoms with E-state index >= 15 is 0 Å². The van der Waals surface area contributed by atoms with Gasteiger partial charge < -0.3 is 5.32 Å². The Balaban J connectivity index is 2.29. The Kier molecular flexibility index (Phi) is 2.26. The van der Waals surface area contributed by atoms with Crippen molar-refractivity contribution in [3.63, 3.8) is 0 Å². The van der Waals surface area contributed by atoms with Gasteiger partial charge in [0.1, 0.15) is 0 Å². The molecule has 2 heterocycles. The minimum Gasteiger partial charge on any atom is -0.316 e. The van der Waals surface area contributed by atoms with Gasteiger partial charge in [-0.25, -0.2) is 4.68 Å². The largest absolute Gasteiger partial charge is 0.316 e. The second-order valence-corrected chi connectivity index (χ2v) is 4.81. The molecule has 1 atom stereocenters. The molecule has 1 unspecified atom stereocenters. The summed E-state index contributed by atoms with van der Waals surface area (Å²) in [6, 6.07) is 0. The number of aromatic nitrogens is 4. The van der Waals surface area contributed by atoms with Crippen LogP contribution in [0.3, 0.4) is 0 Å². The molecule has 1 aliphatic rings. The highest BCUT2D eigenvalue weighted by molar-refractivity contribution is 5.00. The summed E-state index contributed by atoms with van der Waals surface area (Å²) in [4.78, 5) is 0. The molecule has 0 radical (unpaired) electrons. The molecule has 1 saturated heterocycles. The highest BCUT2D eigenvalue weighted by atomic mass is 15.6. The lowest BCUT2D eigenvalue weighted by Crippen LogP contribution is -2.27. The molecule has 1 aromatic heterocycles. The Morgan fingerprint density at radius 1 is 1.43 bits per heavy atom. The van der Waals surface area contributed by atoms with Gasteiger partial charge in [-0.15, -0.1) is 5.10 Å². The Labute approximate surface area is 83.9 Å². The number of nitrogens with zero attached hydrogens (tertiary/aromatic N) is 4. The topological polar surface area (TPSA) is 55.6 Å². The first-order valence-corrected chi connectivity index (χ1v) is 5.08.